The van der Waals surface area contributed by atoms with Crippen molar-refractivity contribution in [2.75, 3.05) is 20.7 Å². The van der Waals surface area contributed by atoms with Crippen molar-refractivity contribution in [2.24, 2.45) is 0 Å². The number of halogens is 1. The number of nitrogens with zero attached hydrogens (tertiary/aromatic N) is 1. The van der Waals surface area contributed by atoms with Crippen molar-refractivity contribution in [1.82, 2.24) is 4.90 Å². The summed E-state index contributed by atoms with van der Waals surface area (Å²) in [6, 6.07) is 3.66. The van der Waals surface area contributed by atoms with E-state index in [0.29, 0.717) is 0 Å². The van der Waals surface area contributed by atoms with Crippen LogP contribution in [0.15, 0.2) is 24.3 Å². The van der Waals surface area contributed by atoms with Gasteiger partial charge in [-0.2, -0.15) is 0 Å². The maximum atomic E-state index is 13.1. The Bertz CT molecular complexity index is 511. The molecule has 1 aromatic carbocycles. The van der Waals surface area contributed by atoms with Gasteiger partial charge in [0.2, 0.25) is 0 Å². The van der Waals surface area contributed by atoms with Gasteiger partial charge in [-0.05, 0) is 24.3 Å². The summed E-state index contributed by atoms with van der Waals surface area (Å²) < 4.78 is 18.3. The van der Waals surface area contributed by atoms with Crippen LogP contribution in [0.5, 0.6) is 5.75 Å². The zero-order valence-electron chi connectivity index (χ0n) is 10.6. The maximum absolute atomic E-state index is 13.1. The summed E-state index contributed by atoms with van der Waals surface area (Å²) in [5, 5.41) is 8.54. The first-order valence-electron chi connectivity index (χ1n) is 5.43. The van der Waals surface area contributed by atoms with Gasteiger partial charge in [0, 0.05) is 25.7 Å². The molecule has 0 fully saturated rings. The third-order valence-corrected chi connectivity index (χ3v) is 2.23. The van der Waals surface area contributed by atoms with Crippen molar-refractivity contribution in [2.45, 2.75) is 0 Å². The second-order valence-electron chi connectivity index (χ2n) is 3.93. The second kappa shape index (κ2) is 6.53. The molecule has 0 saturated carbocycles. The zero-order chi connectivity index (χ0) is 14.4. The fourth-order valence-corrected chi connectivity index (χ4v) is 1.21. The Morgan fingerprint density at radius 1 is 1.42 bits per heavy atom. The summed E-state index contributed by atoms with van der Waals surface area (Å²) in [7, 11) is 3.17. The predicted octanol–water partition coefficient (Wildman–Crippen LogP) is 1.39. The number of carboxylic acids is 1. The number of carboxylic acid groups (broad SMARTS) is 1. The van der Waals surface area contributed by atoms with Gasteiger partial charge in [-0.3, -0.25) is 4.79 Å². The van der Waals surface area contributed by atoms with Crippen molar-refractivity contribution in [3.8, 4) is 5.75 Å². The van der Waals surface area contributed by atoms with E-state index in [2.05, 4.69) is 0 Å². The number of hydrogen-bond donors (Lipinski definition) is 1. The van der Waals surface area contributed by atoms with E-state index in [0.717, 1.165) is 12.1 Å². The minimum absolute atomic E-state index is 0.202. The molecule has 1 N–H and O–H groups in total. The Labute approximate surface area is 109 Å². The topological polar surface area (TPSA) is 66.8 Å². The summed E-state index contributed by atoms with van der Waals surface area (Å²) in [4.78, 5) is 23.2. The van der Waals surface area contributed by atoms with E-state index in [1.54, 1.807) is 14.1 Å². The van der Waals surface area contributed by atoms with Crippen LogP contribution in [0.4, 0.5) is 4.39 Å². The van der Waals surface area contributed by atoms with Crippen LogP contribution in [-0.2, 0) is 9.59 Å². The van der Waals surface area contributed by atoms with Gasteiger partial charge in [0.25, 0.3) is 5.91 Å². The Hall–Kier alpha value is -2.37. The van der Waals surface area contributed by atoms with Crippen LogP contribution in [0, 0.1) is 5.82 Å². The van der Waals surface area contributed by atoms with Crippen LogP contribution in [0.25, 0.3) is 6.08 Å². The highest BCUT2D eigenvalue weighted by atomic mass is 19.1. The lowest BCUT2D eigenvalue weighted by atomic mass is 10.2. The number of carbonyl (C=O) groups excluding carboxylic acids is 1. The van der Waals surface area contributed by atoms with E-state index in [1.165, 1.54) is 23.1 Å². The van der Waals surface area contributed by atoms with Gasteiger partial charge in [-0.25, -0.2) is 9.18 Å². The number of aliphatic carboxylic acids is 1. The Morgan fingerprint density at radius 2 is 2.11 bits per heavy atom. The second-order valence-corrected chi connectivity index (χ2v) is 3.93. The van der Waals surface area contributed by atoms with Crippen molar-refractivity contribution >= 4 is 18.0 Å². The molecule has 0 bridgehead atoms. The molecule has 1 amide bonds. The average molecular weight is 267 g/mol. The minimum Gasteiger partial charge on any atom is -0.483 e. The van der Waals surface area contributed by atoms with Crippen LogP contribution < -0.4 is 4.74 Å². The molecule has 0 atom stereocenters. The summed E-state index contributed by atoms with van der Waals surface area (Å²) in [6.45, 7) is -0.202. The summed E-state index contributed by atoms with van der Waals surface area (Å²) in [5.74, 6) is -1.68. The van der Waals surface area contributed by atoms with Crippen LogP contribution in [0.2, 0.25) is 0 Å². The fraction of sp³-hybridized carbons (Fsp3) is 0.231. The first-order chi connectivity index (χ1) is 8.90. The van der Waals surface area contributed by atoms with Crippen molar-refractivity contribution < 1.29 is 23.8 Å². The molecule has 0 aliphatic heterocycles. The van der Waals surface area contributed by atoms with Gasteiger partial charge in [0.1, 0.15) is 11.6 Å². The highest BCUT2D eigenvalue weighted by Crippen LogP contribution is 2.21. The first kappa shape index (κ1) is 14.7. The van der Waals surface area contributed by atoms with E-state index >= 15 is 0 Å². The van der Waals surface area contributed by atoms with Crippen LogP contribution in [0.3, 0.4) is 0 Å². The molecule has 0 aromatic heterocycles. The van der Waals surface area contributed by atoms with Gasteiger partial charge in [-0.1, -0.05) is 0 Å². The van der Waals surface area contributed by atoms with Crippen LogP contribution >= 0.6 is 0 Å². The van der Waals surface area contributed by atoms with Gasteiger partial charge < -0.3 is 14.7 Å². The van der Waals surface area contributed by atoms with Gasteiger partial charge in [0.05, 0.1) is 0 Å². The van der Waals surface area contributed by atoms with Gasteiger partial charge >= 0.3 is 5.97 Å². The average Bonchev–Trinajstić information content (AvgIpc) is 2.34. The van der Waals surface area contributed by atoms with E-state index in [9.17, 15) is 14.0 Å². The first-order valence-corrected chi connectivity index (χ1v) is 5.43. The molecule has 5 nitrogen and oxygen atoms in total. The Balaban J connectivity index is 2.88. The van der Waals surface area contributed by atoms with Crippen LogP contribution in [0.1, 0.15) is 5.56 Å². The highest BCUT2D eigenvalue weighted by molar-refractivity contribution is 5.86. The van der Waals surface area contributed by atoms with Gasteiger partial charge in [0.15, 0.2) is 6.61 Å². The standard InChI is InChI=1S/C13H14FNO4/c1-15(2)12(16)8-19-11-5-4-10(14)7-9(11)3-6-13(17)18/h3-7H,8H2,1-2H3,(H,17,18)/b6-3+. The molecule has 6 heteroatoms. The minimum atomic E-state index is -1.15. The number of rotatable bonds is 5. The number of ether oxygens (including phenoxy) is 1. The molecule has 0 spiro atoms. The van der Waals surface area contributed by atoms with E-state index in [1.807, 2.05) is 0 Å². The quantitative estimate of drug-likeness (QED) is 0.819. The maximum Gasteiger partial charge on any atom is 0.328 e. The molecule has 0 radical (unpaired) electrons. The van der Waals surface area contributed by atoms with Crippen molar-refractivity contribution in [3.05, 3.63) is 35.7 Å². The largest absolute Gasteiger partial charge is 0.483 e. The third kappa shape index (κ3) is 4.79. The predicted molar refractivity (Wildman–Crippen MR) is 67.3 cm³/mol. The van der Waals surface area contributed by atoms with Gasteiger partial charge in [-0.15, -0.1) is 0 Å². The third-order valence-electron chi connectivity index (χ3n) is 2.23. The van der Waals surface area contributed by atoms with Crippen molar-refractivity contribution in [3.63, 3.8) is 0 Å². The normalized spacial score (nSPS) is 10.5. The number of likely N-dealkylation sites (N-methyl/N-ethyl adjacent to an activating group) is 1. The monoisotopic (exact) mass is 267 g/mol. The number of carbonyl (C=O) groups is 2. The molecule has 0 aliphatic carbocycles. The number of amides is 1. The molecule has 102 valence electrons. The lowest BCUT2D eigenvalue weighted by molar-refractivity contribution is -0.132. The molecule has 0 unspecified atom stereocenters. The zero-order valence-corrected chi connectivity index (χ0v) is 10.6. The summed E-state index contributed by atoms with van der Waals surface area (Å²) in [6.07, 6.45) is 2.08. The van der Waals surface area contributed by atoms with E-state index < -0.39 is 11.8 Å². The number of hydrogen-bond acceptors (Lipinski definition) is 3. The summed E-state index contributed by atoms with van der Waals surface area (Å²) in [5.41, 5.74) is 0.258. The molecule has 0 heterocycles. The molecule has 1 rings (SSSR count). The molecule has 19 heavy (non-hydrogen) atoms. The molecule has 0 aliphatic rings. The lowest BCUT2D eigenvalue weighted by Crippen LogP contribution is -2.27. The number of benzene rings is 1. The summed E-state index contributed by atoms with van der Waals surface area (Å²) >= 11 is 0. The van der Waals surface area contributed by atoms with E-state index in [4.69, 9.17) is 9.84 Å². The molecule has 1 aromatic rings. The molecule has 0 saturated heterocycles. The molecular weight excluding hydrogens is 253 g/mol. The van der Waals surface area contributed by atoms with Crippen molar-refractivity contribution in [1.29, 1.82) is 0 Å². The Kier molecular flexibility index (Phi) is 5.05. The SMILES string of the molecule is CN(C)C(=O)COc1ccc(F)cc1/C=C/C(=O)O. The smallest absolute Gasteiger partial charge is 0.328 e. The fourth-order valence-electron chi connectivity index (χ4n) is 1.21. The molecular formula is C13H14FNO4. The van der Waals surface area contributed by atoms with E-state index in [-0.39, 0.29) is 23.8 Å². The highest BCUT2D eigenvalue weighted by Gasteiger charge is 2.08. The van der Waals surface area contributed by atoms with Crippen LogP contribution in [-0.4, -0.2) is 42.6 Å². The lowest BCUT2D eigenvalue weighted by Gasteiger charge is -2.12. The Morgan fingerprint density at radius 3 is 2.68 bits per heavy atom.